The highest BCUT2D eigenvalue weighted by Gasteiger charge is 2.24. The molecule has 2 aromatic rings. The van der Waals surface area contributed by atoms with Gasteiger partial charge in [0.05, 0.1) is 0 Å². The third-order valence-electron chi connectivity index (χ3n) is 5.07. The van der Waals surface area contributed by atoms with Crippen LogP contribution in [0.15, 0.2) is 30.3 Å². The molecule has 0 unspecified atom stereocenters. The quantitative estimate of drug-likeness (QED) is 0.879. The van der Waals surface area contributed by atoms with E-state index in [9.17, 15) is 4.79 Å². The van der Waals surface area contributed by atoms with Crippen LogP contribution in [-0.2, 0) is 5.41 Å². The van der Waals surface area contributed by atoms with Crippen LogP contribution in [0.3, 0.4) is 0 Å². The summed E-state index contributed by atoms with van der Waals surface area (Å²) in [5, 5.41) is 3.25. The molecule has 1 fully saturated rings. The van der Waals surface area contributed by atoms with E-state index in [0.29, 0.717) is 13.1 Å². The minimum Gasteiger partial charge on any atom is -0.370 e. The van der Waals surface area contributed by atoms with Crippen LogP contribution in [0.5, 0.6) is 0 Å². The van der Waals surface area contributed by atoms with E-state index in [4.69, 9.17) is 0 Å². The lowest BCUT2D eigenvalue weighted by atomic mass is 9.86. The fourth-order valence-electron chi connectivity index (χ4n) is 3.42. The number of hydrogen-bond acceptors (Lipinski definition) is 5. The van der Waals surface area contributed by atoms with Gasteiger partial charge in [-0.2, -0.15) is 0 Å². The maximum atomic E-state index is 12.9. The van der Waals surface area contributed by atoms with Gasteiger partial charge in [0.1, 0.15) is 17.5 Å². The van der Waals surface area contributed by atoms with E-state index in [1.54, 1.807) is 0 Å². The maximum absolute atomic E-state index is 12.9. The summed E-state index contributed by atoms with van der Waals surface area (Å²) in [7, 11) is 0. The molecule has 0 saturated carbocycles. The fraction of sp³-hybridized carbons (Fsp3) is 0.500. The highest BCUT2D eigenvalue weighted by atomic mass is 16.2. The SMILES string of the molecule is CCNc1cc(N2CCN(C(=O)c3ccc(C(C)(C)C)cc3)CC2)nc(C)n1. The Hall–Kier alpha value is -2.63. The van der Waals surface area contributed by atoms with E-state index in [-0.39, 0.29) is 11.3 Å². The molecule has 1 saturated heterocycles. The number of hydrogen-bond donors (Lipinski definition) is 1. The summed E-state index contributed by atoms with van der Waals surface area (Å²) < 4.78 is 0. The Morgan fingerprint density at radius 1 is 1.07 bits per heavy atom. The Morgan fingerprint density at radius 2 is 1.71 bits per heavy atom. The zero-order valence-electron chi connectivity index (χ0n) is 17.6. The van der Waals surface area contributed by atoms with Crippen LogP contribution in [-0.4, -0.2) is 53.5 Å². The summed E-state index contributed by atoms with van der Waals surface area (Å²) in [5.41, 5.74) is 2.09. The minimum atomic E-state index is 0.0916. The van der Waals surface area contributed by atoms with E-state index < -0.39 is 0 Å². The van der Waals surface area contributed by atoms with Crippen molar-refractivity contribution >= 4 is 17.5 Å². The van der Waals surface area contributed by atoms with Crippen molar-refractivity contribution in [1.29, 1.82) is 0 Å². The van der Waals surface area contributed by atoms with Gasteiger partial charge in [0.2, 0.25) is 0 Å². The van der Waals surface area contributed by atoms with Gasteiger partial charge in [0.15, 0.2) is 0 Å². The second kappa shape index (κ2) is 8.17. The Bertz CT molecular complexity index is 818. The highest BCUT2D eigenvalue weighted by molar-refractivity contribution is 5.94. The number of aryl methyl sites for hydroxylation is 1. The van der Waals surface area contributed by atoms with Gasteiger partial charge < -0.3 is 15.1 Å². The van der Waals surface area contributed by atoms with Crippen LogP contribution in [0, 0.1) is 6.92 Å². The van der Waals surface area contributed by atoms with E-state index in [1.165, 1.54) is 5.56 Å². The third-order valence-corrected chi connectivity index (χ3v) is 5.07. The Morgan fingerprint density at radius 3 is 2.29 bits per heavy atom. The largest absolute Gasteiger partial charge is 0.370 e. The summed E-state index contributed by atoms with van der Waals surface area (Å²) in [4.78, 5) is 26.0. The molecule has 0 aliphatic carbocycles. The van der Waals surface area contributed by atoms with E-state index >= 15 is 0 Å². The molecule has 28 heavy (non-hydrogen) atoms. The molecule has 0 bridgehead atoms. The molecule has 6 nitrogen and oxygen atoms in total. The third kappa shape index (κ3) is 4.61. The zero-order chi connectivity index (χ0) is 20.3. The molecule has 6 heteroatoms. The normalized spacial score (nSPS) is 14.9. The summed E-state index contributed by atoms with van der Waals surface area (Å²) in [6, 6.07) is 10.0. The van der Waals surface area contributed by atoms with E-state index in [1.807, 2.05) is 30.0 Å². The number of benzene rings is 1. The first kappa shape index (κ1) is 20.1. The van der Waals surface area contributed by atoms with Crippen LogP contribution in [0.1, 0.15) is 49.4 Å². The molecular formula is C22H31N5O. The number of nitrogens with zero attached hydrogens (tertiary/aromatic N) is 4. The number of carbonyl (C=O) groups is 1. The van der Waals surface area contributed by atoms with Crippen molar-refractivity contribution in [2.24, 2.45) is 0 Å². The molecule has 1 aromatic carbocycles. The smallest absolute Gasteiger partial charge is 0.253 e. The fourth-order valence-corrected chi connectivity index (χ4v) is 3.42. The number of rotatable bonds is 4. The van der Waals surface area contributed by atoms with Crippen molar-refractivity contribution in [2.45, 2.75) is 40.0 Å². The van der Waals surface area contributed by atoms with Crippen LogP contribution >= 0.6 is 0 Å². The van der Waals surface area contributed by atoms with Crippen LogP contribution < -0.4 is 10.2 Å². The lowest BCUT2D eigenvalue weighted by molar-refractivity contribution is 0.0746. The van der Waals surface area contributed by atoms with Gasteiger partial charge in [-0.05, 0) is 37.0 Å². The molecule has 1 amide bonds. The number of carbonyl (C=O) groups excluding carboxylic acids is 1. The topological polar surface area (TPSA) is 61.4 Å². The van der Waals surface area contributed by atoms with E-state index in [0.717, 1.165) is 42.7 Å². The lowest BCUT2D eigenvalue weighted by Gasteiger charge is -2.35. The van der Waals surface area contributed by atoms with Crippen LogP contribution in [0.4, 0.5) is 11.6 Å². The second-order valence-electron chi connectivity index (χ2n) is 8.30. The van der Waals surface area contributed by atoms with Crippen LogP contribution in [0.2, 0.25) is 0 Å². The number of nitrogens with one attached hydrogen (secondary N) is 1. The van der Waals surface area contributed by atoms with Gasteiger partial charge in [0.25, 0.3) is 5.91 Å². The number of amides is 1. The summed E-state index contributed by atoms with van der Waals surface area (Å²) in [6.45, 7) is 14.3. The van der Waals surface area contributed by atoms with Gasteiger partial charge in [0, 0.05) is 44.4 Å². The molecular weight excluding hydrogens is 350 g/mol. The molecule has 0 atom stereocenters. The first-order chi connectivity index (χ1) is 13.3. The van der Waals surface area contributed by atoms with Gasteiger partial charge in [-0.15, -0.1) is 0 Å². The average molecular weight is 382 g/mol. The number of piperazine rings is 1. The molecule has 1 aromatic heterocycles. The first-order valence-electron chi connectivity index (χ1n) is 10.0. The number of aromatic nitrogens is 2. The molecule has 0 radical (unpaired) electrons. The van der Waals surface area contributed by atoms with Crippen molar-refractivity contribution in [3.8, 4) is 0 Å². The monoisotopic (exact) mass is 381 g/mol. The van der Waals surface area contributed by atoms with Crippen molar-refractivity contribution in [2.75, 3.05) is 42.9 Å². The van der Waals surface area contributed by atoms with Crippen molar-refractivity contribution < 1.29 is 4.79 Å². The molecule has 1 aliphatic rings. The molecule has 150 valence electrons. The maximum Gasteiger partial charge on any atom is 0.253 e. The zero-order valence-corrected chi connectivity index (χ0v) is 17.6. The number of anilines is 2. The van der Waals surface area contributed by atoms with Crippen LogP contribution in [0.25, 0.3) is 0 Å². The first-order valence-corrected chi connectivity index (χ1v) is 10.0. The predicted molar refractivity (Wildman–Crippen MR) is 114 cm³/mol. The van der Waals surface area contributed by atoms with Gasteiger partial charge >= 0.3 is 0 Å². The second-order valence-corrected chi connectivity index (χ2v) is 8.30. The van der Waals surface area contributed by atoms with Crippen molar-refractivity contribution in [1.82, 2.24) is 14.9 Å². The predicted octanol–water partition coefficient (Wildman–Crippen LogP) is 3.48. The van der Waals surface area contributed by atoms with Crippen molar-refractivity contribution in [3.63, 3.8) is 0 Å². The Labute approximate surface area is 168 Å². The van der Waals surface area contributed by atoms with E-state index in [2.05, 4.69) is 60.0 Å². The summed E-state index contributed by atoms with van der Waals surface area (Å²) in [6.07, 6.45) is 0. The Balaban J connectivity index is 1.64. The molecule has 1 aliphatic heterocycles. The summed E-state index contributed by atoms with van der Waals surface area (Å²) >= 11 is 0. The average Bonchev–Trinajstić information content (AvgIpc) is 2.67. The molecule has 0 spiro atoms. The van der Waals surface area contributed by atoms with Gasteiger partial charge in [-0.3, -0.25) is 4.79 Å². The Kier molecular flexibility index (Phi) is 5.87. The highest BCUT2D eigenvalue weighted by Crippen LogP contribution is 2.23. The lowest BCUT2D eigenvalue weighted by Crippen LogP contribution is -2.49. The molecule has 3 rings (SSSR count). The van der Waals surface area contributed by atoms with Crippen molar-refractivity contribution in [3.05, 3.63) is 47.3 Å². The molecule has 1 N–H and O–H groups in total. The summed E-state index contributed by atoms with van der Waals surface area (Å²) in [5.74, 6) is 2.63. The standard InChI is InChI=1S/C22H31N5O/c1-6-23-19-15-20(25-16(2)24-19)26-11-13-27(14-12-26)21(28)17-7-9-18(10-8-17)22(3,4)5/h7-10,15H,6,11-14H2,1-5H3,(H,23,24,25). The molecule has 2 heterocycles. The minimum absolute atomic E-state index is 0.0916. The van der Waals surface area contributed by atoms with Gasteiger partial charge in [-0.25, -0.2) is 9.97 Å². The van der Waals surface area contributed by atoms with Gasteiger partial charge in [-0.1, -0.05) is 32.9 Å².